The largest absolute Gasteiger partial charge is 0.481 e. The number of carbonyl (C=O) groups excluding carboxylic acids is 1. The highest BCUT2D eigenvalue weighted by atomic mass is 32.2. The van der Waals surface area contributed by atoms with Crippen LogP contribution in [0.25, 0.3) is 10.8 Å². The van der Waals surface area contributed by atoms with E-state index in [0.717, 1.165) is 12.6 Å². The molecule has 3 rings (SSSR count). The van der Waals surface area contributed by atoms with E-state index in [9.17, 15) is 38.1 Å². The third-order valence-corrected chi connectivity index (χ3v) is 8.18. The molecule has 1 aliphatic heterocycles. The average molecular weight is 598 g/mol. The fraction of sp³-hybridized carbons (Fsp3) is 0.500. The molecule has 41 heavy (non-hydrogen) atoms. The molecule has 0 saturated carbocycles. The summed E-state index contributed by atoms with van der Waals surface area (Å²) < 4.78 is 40.4. The zero-order valence-electron chi connectivity index (χ0n) is 22.8. The molecular weight excluding hydrogens is 562 g/mol. The van der Waals surface area contributed by atoms with Crippen molar-refractivity contribution in [2.75, 3.05) is 25.6 Å². The Morgan fingerprint density at radius 3 is 2.27 bits per heavy atom. The number of hydrogen-bond acceptors (Lipinski definition) is 10. The number of ether oxygens (including phenoxy) is 2. The molecule has 1 fully saturated rings. The highest BCUT2D eigenvalue weighted by Crippen LogP contribution is 2.34. The Morgan fingerprint density at radius 1 is 1.00 bits per heavy atom. The molecule has 14 nitrogen and oxygen atoms in total. The SMILES string of the molecule is CC(=O)N[C@@H]1[C@@H](NS(=O)(=O)c2cccc3c(N(C)C)cccc23)[C@H](O)[C@](OCCCCCC(=O)O)(C(=O)O)O[C@H]1O. The molecule has 0 aromatic heterocycles. The van der Waals surface area contributed by atoms with Gasteiger partial charge in [0.05, 0.1) is 23.6 Å². The van der Waals surface area contributed by atoms with Gasteiger partial charge >= 0.3 is 11.9 Å². The number of carbonyl (C=O) groups is 3. The number of unbranched alkanes of at least 4 members (excludes halogenated alkanes) is 2. The second-order valence-electron chi connectivity index (χ2n) is 9.87. The van der Waals surface area contributed by atoms with Crippen molar-refractivity contribution in [1.82, 2.24) is 10.0 Å². The molecule has 0 radical (unpaired) electrons. The Hall–Kier alpha value is -3.34. The van der Waals surface area contributed by atoms with Gasteiger partial charge < -0.3 is 40.1 Å². The molecule has 15 heteroatoms. The number of benzene rings is 2. The van der Waals surface area contributed by atoms with E-state index in [1.54, 1.807) is 43.3 Å². The van der Waals surface area contributed by atoms with E-state index in [0.29, 0.717) is 23.6 Å². The Labute approximate surface area is 236 Å². The maximum Gasteiger partial charge on any atom is 0.367 e. The summed E-state index contributed by atoms with van der Waals surface area (Å²) in [5.74, 6) is -6.46. The molecule has 0 bridgehead atoms. The van der Waals surface area contributed by atoms with Gasteiger partial charge in [0.25, 0.3) is 5.79 Å². The molecule has 0 unspecified atom stereocenters. The molecule has 2 aromatic carbocycles. The first-order valence-electron chi connectivity index (χ1n) is 12.8. The van der Waals surface area contributed by atoms with Crippen LogP contribution in [-0.4, -0.2) is 97.7 Å². The molecule has 226 valence electrons. The third kappa shape index (κ3) is 7.12. The molecule has 1 aliphatic rings. The van der Waals surface area contributed by atoms with Crippen molar-refractivity contribution in [2.45, 2.75) is 67.8 Å². The first kappa shape index (κ1) is 32.2. The number of nitrogens with one attached hydrogen (secondary N) is 2. The molecule has 0 aliphatic carbocycles. The topological polar surface area (TPSA) is 212 Å². The molecule has 1 saturated heterocycles. The van der Waals surface area contributed by atoms with E-state index in [1.165, 1.54) is 12.1 Å². The maximum atomic E-state index is 13.7. The second kappa shape index (κ2) is 13.1. The number of fused-ring (bicyclic) bond motifs is 1. The van der Waals surface area contributed by atoms with E-state index in [1.807, 2.05) is 0 Å². The zero-order valence-corrected chi connectivity index (χ0v) is 23.6. The quantitative estimate of drug-likeness (QED) is 0.171. The van der Waals surface area contributed by atoms with Gasteiger partial charge in [0.15, 0.2) is 6.29 Å². The van der Waals surface area contributed by atoms with E-state index in [-0.39, 0.29) is 24.3 Å². The zero-order chi connectivity index (χ0) is 30.5. The number of aliphatic carboxylic acids is 2. The molecule has 5 atom stereocenters. The summed E-state index contributed by atoms with van der Waals surface area (Å²) in [5.41, 5.74) is 0.735. The highest BCUT2D eigenvalue weighted by Gasteiger charge is 2.61. The predicted octanol–water partition coefficient (Wildman–Crippen LogP) is 0.209. The van der Waals surface area contributed by atoms with Crippen molar-refractivity contribution >= 4 is 44.3 Å². The van der Waals surface area contributed by atoms with Gasteiger partial charge in [0.2, 0.25) is 15.9 Å². The van der Waals surface area contributed by atoms with Crippen molar-refractivity contribution in [3.63, 3.8) is 0 Å². The summed E-state index contributed by atoms with van der Waals surface area (Å²) >= 11 is 0. The van der Waals surface area contributed by atoms with Crippen LogP contribution >= 0.6 is 0 Å². The predicted molar refractivity (Wildman–Crippen MR) is 146 cm³/mol. The fourth-order valence-corrected chi connectivity index (χ4v) is 6.22. The van der Waals surface area contributed by atoms with Crippen LogP contribution < -0.4 is 14.9 Å². The van der Waals surface area contributed by atoms with E-state index in [2.05, 4.69) is 10.0 Å². The Bertz CT molecular complexity index is 1380. The molecule has 2 aromatic rings. The van der Waals surface area contributed by atoms with Crippen LogP contribution in [0.3, 0.4) is 0 Å². The number of carboxylic acids is 2. The van der Waals surface area contributed by atoms with Crippen molar-refractivity contribution in [3.05, 3.63) is 36.4 Å². The summed E-state index contributed by atoms with van der Waals surface area (Å²) in [7, 11) is -0.931. The van der Waals surface area contributed by atoms with Gasteiger partial charge in [-0.05, 0) is 25.0 Å². The lowest BCUT2D eigenvalue weighted by Crippen LogP contribution is -2.75. The van der Waals surface area contributed by atoms with E-state index >= 15 is 0 Å². The lowest BCUT2D eigenvalue weighted by molar-refractivity contribution is -0.352. The van der Waals surface area contributed by atoms with Gasteiger partial charge in [0.1, 0.15) is 6.10 Å². The number of sulfonamides is 1. The van der Waals surface area contributed by atoms with Crippen LogP contribution in [0.4, 0.5) is 5.69 Å². The van der Waals surface area contributed by atoms with Gasteiger partial charge in [-0.25, -0.2) is 17.9 Å². The van der Waals surface area contributed by atoms with Crippen LogP contribution in [0.5, 0.6) is 0 Å². The van der Waals surface area contributed by atoms with Gasteiger partial charge in [-0.2, -0.15) is 0 Å². The van der Waals surface area contributed by atoms with Crippen molar-refractivity contribution < 1.29 is 52.7 Å². The number of aliphatic hydroxyl groups is 2. The minimum absolute atomic E-state index is 0.103. The summed E-state index contributed by atoms with van der Waals surface area (Å²) in [5, 5.41) is 44.0. The van der Waals surface area contributed by atoms with Crippen LogP contribution in [-0.2, 0) is 33.9 Å². The van der Waals surface area contributed by atoms with E-state index < -0.39 is 58.1 Å². The van der Waals surface area contributed by atoms with Crippen molar-refractivity contribution in [1.29, 1.82) is 0 Å². The smallest absolute Gasteiger partial charge is 0.367 e. The molecule has 0 spiro atoms. The molecule has 1 heterocycles. The van der Waals surface area contributed by atoms with E-state index in [4.69, 9.17) is 14.6 Å². The monoisotopic (exact) mass is 597 g/mol. The number of nitrogens with zero attached hydrogens (tertiary/aromatic N) is 1. The lowest BCUT2D eigenvalue weighted by atomic mass is 9.92. The standard InChI is InChI=1S/C26H35N3O11S/c1-15(30)27-22-21(23(33)26(25(35)36,40-24(22)34)39-14-6-4-5-13-20(31)32)28-41(37,38)19-12-8-9-16-17(19)10-7-11-18(16)29(2)3/h7-12,21-24,28,33-34H,4-6,13-14H2,1-3H3,(H,27,30)(H,31,32)(H,35,36)/t21-,22-,23+,24-,26-/m1/s1. The van der Waals surface area contributed by atoms with Gasteiger partial charge in [-0.3, -0.25) is 9.59 Å². The first-order valence-corrected chi connectivity index (χ1v) is 14.3. The lowest BCUT2D eigenvalue weighted by Gasteiger charge is -2.47. The number of aliphatic hydroxyl groups excluding tert-OH is 2. The van der Waals surface area contributed by atoms with Gasteiger partial charge in [-0.15, -0.1) is 0 Å². The number of anilines is 1. The Balaban J connectivity index is 1.98. The highest BCUT2D eigenvalue weighted by molar-refractivity contribution is 7.89. The summed E-state index contributed by atoms with van der Waals surface area (Å²) in [4.78, 5) is 36.6. The fourth-order valence-electron chi connectivity index (χ4n) is 4.73. The number of amides is 1. The minimum Gasteiger partial charge on any atom is -0.481 e. The van der Waals surface area contributed by atoms with Crippen LogP contribution in [0.2, 0.25) is 0 Å². The number of hydrogen-bond donors (Lipinski definition) is 6. The normalized spacial score (nSPS) is 24.6. The molecule has 6 N–H and O–H groups in total. The van der Waals surface area contributed by atoms with Crippen LogP contribution in [0, 0.1) is 0 Å². The molecular formula is C26H35N3O11S. The number of rotatable bonds is 13. The average Bonchev–Trinajstić information content (AvgIpc) is 2.89. The minimum atomic E-state index is -4.52. The van der Waals surface area contributed by atoms with Crippen LogP contribution in [0.1, 0.15) is 32.6 Å². The van der Waals surface area contributed by atoms with Crippen molar-refractivity contribution in [2.24, 2.45) is 0 Å². The Morgan fingerprint density at radius 2 is 1.66 bits per heavy atom. The molecule has 1 amide bonds. The van der Waals surface area contributed by atoms with Crippen LogP contribution in [0.15, 0.2) is 41.3 Å². The summed E-state index contributed by atoms with van der Waals surface area (Å²) in [6.45, 7) is 0.765. The van der Waals surface area contributed by atoms with Crippen molar-refractivity contribution in [3.8, 4) is 0 Å². The Kier molecular flexibility index (Phi) is 10.3. The van der Waals surface area contributed by atoms with Gasteiger partial charge in [-0.1, -0.05) is 30.7 Å². The first-order chi connectivity index (χ1) is 19.2. The third-order valence-electron chi connectivity index (χ3n) is 6.66. The maximum absolute atomic E-state index is 13.7. The van der Waals surface area contributed by atoms with Gasteiger partial charge in [0, 0.05) is 43.9 Å². The number of carboxylic acid groups (broad SMARTS) is 2. The second-order valence-corrected chi connectivity index (χ2v) is 11.6. The summed E-state index contributed by atoms with van der Waals surface area (Å²) in [6.07, 6.45) is -3.63. The summed E-state index contributed by atoms with van der Waals surface area (Å²) in [6, 6.07) is 6.24.